The molecule has 0 radical (unpaired) electrons. The maximum absolute atomic E-state index is 13.1. The summed E-state index contributed by atoms with van der Waals surface area (Å²) in [5.41, 5.74) is 4.27. The second kappa shape index (κ2) is 9.98. The van der Waals surface area contributed by atoms with Crippen molar-refractivity contribution in [2.75, 3.05) is 13.7 Å². The van der Waals surface area contributed by atoms with Gasteiger partial charge in [-0.3, -0.25) is 4.79 Å². The highest BCUT2D eigenvalue weighted by Gasteiger charge is 2.27. The normalized spacial score (nSPS) is 10.6. The van der Waals surface area contributed by atoms with Gasteiger partial charge in [-0.15, -0.1) is 0 Å². The molecule has 0 atom stereocenters. The second-order valence-electron chi connectivity index (χ2n) is 7.26. The number of carbonyl (C=O) groups excluding carboxylic acids is 2. The van der Waals surface area contributed by atoms with E-state index in [1.54, 1.807) is 21.0 Å². The van der Waals surface area contributed by atoms with E-state index in [1.807, 2.05) is 66.1 Å². The van der Waals surface area contributed by atoms with E-state index in [0.29, 0.717) is 29.9 Å². The van der Waals surface area contributed by atoms with E-state index in [-0.39, 0.29) is 12.5 Å². The molecule has 1 amide bonds. The Morgan fingerprint density at radius 1 is 0.968 bits per heavy atom. The lowest BCUT2D eigenvalue weighted by atomic mass is 10.1. The van der Waals surface area contributed by atoms with Crippen LogP contribution >= 0.6 is 0 Å². The number of esters is 1. The number of amides is 1. The summed E-state index contributed by atoms with van der Waals surface area (Å²) in [6.07, 6.45) is 0. The van der Waals surface area contributed by atoms with Gasteiger partial charge >= 0.3 is 5.97 Å². The van der Waals surface area contributed by atoms with Crippen molar-refractivity contribution >= 4 is 11.9 Å². The summed E-state index contributed by atoms with van der Waals surface area (Å²) in [6, 6.07) is 17.4. The van der Waals surface area contributed by atoms with Crippen LogP contribution in [0.3, 0.4) is 0 Å². The van der Waals surface area contributed by atoms with E-state index in [1.165, 1.54) is 0 Å². The Morgan fingerprint density at radius 2 is 1.65 bits per heavy atom. The molecule has 0 unspecified atom stereocenters. The zero-order chi connectivity index (χ0) is 22.4. The van der Waals surface area contributed by atoms with Crippen LogP contribution in [0.5, 0.6) is 5.75 Å². The van der Waals surface area contributed by atoms with Crippen LogP contribution in [-0.4, -0.2) is 30.2 Å². The van der Waals surface area contributed by atoms with Gasteiger partial charge < -0.3 is 19.4 Å². The molecule has 0 spiro atoms. The zero-order valence-corrected chi connectivity index (χ0v) is 18.4. The van der Waals surface area contributed by atoms with Crippen LogP contribution in [0.1, 0.15) is 50.2 Å². The van der Waals surface area contributed by atoms with E-state index < -0.39 is 5.97 Å². The van der Waals surface area contributed by atoms with Gasteiger partial charge in [0.2, 0.25) is 0 Å². The molecule has 162 valence electrons. The average molecular weight is 421 g/mol. The van der Waals surface area contributed by atoms with Crippen LogP contribution in [0.2, 0.25) is 0 Å². The highest BCUT2D eigenvalue weighted by atomic mass is 16.5. The van der Waals surface area contributed by atoms with E-state index in [0.717, 1.165) is 22.6 Å². The molecule has 0 aliphatic heterocycles. The number of hydrogen-bond donors (Lipinski definition) is 1. The molecule has 0 aliphatic rings. The minimum Gasteiger partial charge on any atom is -0.497 e. The Balaban J connectivity index is 1.90. The molecule has 31 heavy (non-hydrogen) atoms. The molecule has 0 fully saturated rings. The summed E-state index contributed by atoms with van der Waals surface area (Å²) in [4.78, 5) is 25.8. The fourth-order valence-electron chi connectivity index (χ4n) is 3.67. The minimum absolute atomic E-state index is 0.219. The van der Waals surface area contributed by atoms with Crippen LogP contribution in [-0.2, 0) is 17.8 Å². The molecule has 2 aromatic carbocycles. The number of rotatable bonds is 8. The van der Waals surface area contributed by atoms with Crippen molar-refractivity contribution in [3.8, 4) is 5.75 Å². The number of aromatic nitrogens is 1. The maximum atomic E-state index is 13.1. The standard InChI is InChI=1S/C25H28N2O4/c1-5-31-25(29)23-17(2)22(18(3)27(23)16-20-9-7-6-8-10-20)24(28)26-15-19-11-13-21(30-4)14-12-19/h6-14H,5,15-16H2,1-4H3,(H,26,28). The van der Waals surface area contributed by atoms with E-state index in [4.69, 9.17) is 9.47 Å². The topological polar surface area (TPSA) is 69.6 Å². The van der Waals surface area contributed by atoms with Gasteiger partial charge in [-0.2, -0.15) is 0 Å². The van der Waals surface area contributed by atoms with Crippen molar-refractivity contribution < 1.29 is 19.1 Å². The van der Waals surface area contributed by atoms with Crippen molar-refractivity contribution in [2.24, 2.45) is 0 Å². The van der Waals surface area contributed by atoms with Gasteiger partial charge in [-0.25, -0.2) is 4.79 Å². The largest absolute Gasteiger partial charge is 0.497 e. The first-order chi connectivity index (χ1) is 15.0. The predicted octanol–water partition coefficient (Wildman–Crippen LogP) is 4.27. The monoisotopic (exact) mass is 420 g/mol. The van der Waals surface area contributed by atoms with E-state index in [9.17, 15) is 9.59 Å². The van der Waals surface area contributed by atoms with Crippen LogP contribution in [0.25, 0.3) is 0 Å². The third-order valence-electron chi connectivity index (χ3n) is 5.26. The molecule has 0 saturated heterocycles. The molecule has 0 aliphatic carbocycles. The number of ether oxygens (including phenoxy) is 2. The summed E-state index contributed by atoms with van der Waals surface area (Å²) in [5.74, 6) is 0.121. The Bertz CT molecular complexity index is 1050. The lowest BCUT2D eigenvalue weighted by Gasteiger charge is -2.12. The van der Waals surface area contributed by atoms with Gasteiger partial charge in [-0.1, -0.05) is 42.5 Å². The SMILES string of the molecule is CCOC(=O)c1c(C)c(C(=O)NCc2ccc(OC)cc2)c(C)n1Cc1ccccc1. The average Bonchev–Trinajstić information content (AvgIpc) is 3.02. The molecule has 3 rings (SSSR count). The van der Waals surface area contributed by atoms with Crippen LogP contribution in [0.15, 0.2) is 54.6 Å². The molecule has 0 saturated carbocycles. The van der Waals surface area contributed by atoms with Gasteiger partial charge in [0.25, 0.3) is 5.91 Å². The number of nitrogens with zero attached hydrogens (tertiary/aromatic N) is 1. The second-order valence-corrected chi connectivity index (χ2v) is 7.26. The fraction of sp³-hybridized carbons (Fsp3) is 0.280. The molecular formula is C25H28N2O4. The number of nitrogens with one attached hydrogen (secondary N) is 1. The maximum Gasteiger partial charge on any atom is 0.355 e. The van der Waals surface area contributed by atoms with Gasteiger partial charge in [-0.05, 0) is 49.6 Å². The molecular weight excluding hydrogens is 392 g/mol. The summed E-state index contributed by atoms with van der Waals surface area (Å²) in [6.45, 7) is 6.55. The highest BCUT2D eigenvalue weighted by Crippen LogP contribution is 2.25. The number of benzene rings is 2. The van der Waals surface area contributed by atoms with Crippen LogP contribution in [0.4, 0.5) is 0 Å². The molecule has 0 bridgehead atoms. The molecule has 6 heteroatoms. The number of carbonyl (C=O) groups is 2. The van der Waals surface area contributed by atoms with Crippen LogP contribution < -0.4 is 10.1 Å². The third-order valence-corrected chi connectivity index (χ3v) is 5.26. The molecule has 3 aromatic rings. The Morgan fingerprint density at radius 3 is 2.26 bits per heavy atom. The Labute approximate surface area is 182 Å². The number of hydrogen-bond acceptors (Lipinski definition) is 4. The minimum atomic E-state index is -0.423. The number of methoxy groups -OCH3 is 1. The van der Waals surface area contributed by atoms with Crippen molar-refractivity contribution in [2.45, 2.75) is 33.9 Å². The van der Waals surface area contributed by atoms with Crippen molar-refractivity contribution in [1.29, 1.82) is 0 Å². The summed E-state index contributed by atoms with van der Waals surface area (Å²) >= 11 is 0. The lowest BCUT2D eigenvalue weighted by Crippen LogP contribution is -2.24. The van der Waals surface area contributed by atoms with Gasteiger partial charge in [0.05, 0.1) is 19.3 Å². The zero-order valence-electron chi connectivity index (χ0n) is 18.4. The Kier molecular flexibility index (Phi) is 7.13. The first kappa shape index (κ1) is 22.2. The van der Waals surface area contributed by atoms with Gasteiger partial charge in [0.1, 0.15) is 11.4 Å². The molecule has 1 heterocycles. The first-order valence-electron chi connectivity index (χ1n) is 10.3. The quantitative estimate of drug-likeness (QED) is 0.553. The van der Waals surface area contributed by atoms with Crippen molar-refractivity contribution in [1.82, 2.24) is 9.88 Å². The van der Waals surface area contributed by atoms with Gasteiger partial charge in [0.15, 0.2) is 0 Å². The lowest BCUT2D eigenvalue weighted by molar-refractivity contribution is 0.0513. The van der Waals surface area contributed by atoms with Crippen molar-refractivity contribution in [3.05, 3.63) is 88.2 Å². The predicted molar refractivity (Wildman–Crippen MR) is 120 cm³/mol. The van der Waals surface area contributed by atoms with Gasteiger partial charge in [0, 0.05) is 18.8 Å². The first-order valence-corrected chi connectivity index (χ1v) is 10.3. The smallest absolute Gasteiger partial charge is 0.355 e. The summed E-state index contributed by atoms with van der Waals surface area (Å²) in [7, 11) is 1.61. The fourth-order valence-corrected chi connectivity index (χ4v) is 3.67. The third kappa shape index (κ3) is 4.97. The molecule has 1 N–H and O–H groups in total. The summed E-state index contributed by atoms with van der Waals surface area (Å²) in [5, 5.41) is 2.96. The Hall–Kier alpha value is -3.54. The van der Waals surface area contributed by atoms with Crippen molar-refractivity contribution in [3.63, 3.8) is 0 Å². The molecule has 1 aromatic heterocycles. The van der Waals surface area contributed by atoms with E-state index in [2.05, 4.69) is 5.32 Å². The molecule has 6 nitrogen and oxygen atoms in total. The van der Waals surface area contributed by atoms with Crippen LogP contribution in [0, 0.1) is 13.8 Å². The summed E-state index contributed by atoms with van der Waals surface area (Å²) < 4.78 is 12.3. The van der Waals surface area contributed by atoms with E-state index >= 15 is 0 Å². The highest BCUT2D eigenvalue weighted by molar-refractivity contribution is 6.01.